The maximum Gasteiger partial charge on any atom is 0.485 e. The van der Waals surface area contributed by atoms with Gasteiger partial charge < -0.3 is 18.8 Å². The molecule has 0 N–H and O–H groups in total. The van der Waals surface area contributed by atoms with Crippen LogP contribution in [0.25, 0.3) is 0 Å². The van der Waals surface area contributed by atoms with Crippen LogP contribution in [-0.2, 0) is 51.3 Å². The van der Waals surface area contributed by atoms with E-state index in [1.807, 2.05) is 51.1 Å². The number of esters is 3. The molecule has 0 amide bonds. The summed E-state index contributed by atoms with van der Waals surface area (Å²) in [7, 11) is -6.09. The van der Waals surface area contributed by atoms with Crippen molar-refractivity contribution in [1.29, 1.82) is 0 Å². The first-order chi connectivity index (χ1) is 22.8. The number of cyclic esters (lactones) is 1. The maximum absolute atomic E-state index is 12.6. The molecular formula is C40H71F3O9S2. The Morgan fingerprint density at radius 3 is 1.52 bits per heavy atom. The topological polar surface area (TPSA) is 136 Å². The first-order valence-corrected chi connectivity index (χ1v) is 19.1. The Kier molecular flexibility index (Phi) is 22.7. The molecule has 0 aromatic heterocycles. The molecule has 6 rings (SSSR count). The molecule has 14 heteroatoms. The van der Waals surface area contributed by atoms with Crippen LogP contribution in [0.2, 0.25) is 0 Å². The van der Waals surface area contributed by atoms with Gasteiger partial charge in [0.05, 0.1) is 17.4 Å². The summed E-state index contributed by atoms with van der Waals surface area (Å²) in [6.07, 6.45) is 9.47. The molecule has 4 aliphatic carbocycles. The summed E-state index contributed by atoms with van der Waals surface area (Å²) in [4.78, 5) is 36.3. The average Bonchev–Trinajstić information content (AvgIpc) is 3.40. The predicted octanol–water partition coefficient (Wildman–Crippen LogP) is 9.89. The van der Waals surface area contributed by atoms with Gasteiger partial charge in [-0.15, -0.1) is 0 Å². The lowest BCUT2D eigenvalue weighted by Gasteiger charge is -2.61. The summed E-state index contributed by atoms with van der Waals surface area (Å²) in [5, 5.41) is 0. The maximum atomic E-state index is 12.6. The third kappa shape index (κ3) is 15.3. The summed E-state index contributed by atoms with van der Waals surface area (Å²) < 4.78 is 74.8. The fraction of sp³-hybridized carbons (Fsp3) is 0.775. The second-order valence-electron chi connectivity index (χ2n) is 15.7. The molecule has 1 saturated heterocycles. The number of ether oxygens (including phenoxy) is 3. The first kappa shape index (κ1) is 56.0. The van der Waals surface area contributed by atoms with Crippen molar-refractivity contribution in [3.63, 3.8) is 0 Å². The molecule has 5 aliphatic rings. The quantitative estimate of drug-likeness (QED) is 0.0866. The summed E-state index contributed by atoms with van der Waals surface area (Å²) >= 11 is 3.36. The number of alkyl halides is 3. The molecule has 5 fully saturated rings. The van der Waals surface area contributed by atoms with Gasteiger partial charge in [-0.25, -0.2) is 13.2 Å². The zero-order valence-corrected chi connectivity index (χ0v) is 32.3. The minimum atomic E-state index is -6.09. The average molecular weight is 817 g/mol. The van der Waals surface area contributed by atoms with Gasteiger partial charge in [-0.05, 0) is 135 Å². The van der Waals surface area contributed by atoms with Crippen molar-refractivity contribution >= 4 is 40.7 Å². The van der Waals surface area contributed by atoms with Crippen molar-refractivity contribution in [2.75, 3.05) is 6.61 Å². The zero-order valence-electron chi connectivity index (χ0n) is 30.5. The van der Waals surface area contributed by atoms with Crippen LogP contribution in [0.1, 0.15) is 143 Å². The monoisotopic (exact) mass is 816 g/mol. The molecule has 1 aliphatic heterocycles. The molecule has 9 nitrogen and oxygen atoms in total. The summed E-state index contributed by atoms with van der Waals surface area (Å²) in [5.41, 5.74) is -6.59. The van der Waals surface area contributed by atoms with E-state index >= 15 is 0 Å². The number of hydrogen-bond donors (Lipinski definition) is 0. The van der Waals surface area contributed by atoms with Crippen molar-refractivity contribution < 1.29 is 54.7 Å². The summed E-state index contributed by atoms with van der Waals surface area (Å²) in [6, 6.07) is 9.96. The highest BCUT2D eigenvalue weighted by atomic mass is 32.2. The number of hydrogen-bond acceptors (Lipinski definition) is 9. The van der Waals surface area contributed by atoms with E-state index in [1.165, 1.54) is 38.5 Å². The third-order valence-electron chi connectivity index (χ3n) is 10.7. The molecule has 0 radical (unpaired) electrons. The number of halogens is 3. The number of carbonyl (C=O) groups is 3. The highest BCUT2D eigenvalue weighted by Crippen LogP contribution is 2.64. The number of benzene rings is 1. The van der Waals surface area contributed by atoms with Gasteiger partial charge in [-0.1, -0.05) is 61.8 Å². The Morgan fingerprint density at radius 1 is 0.833 bits per heavy atom. The van der Waals surface area contributed by atoms with Gasteiger partial charge >= 0.3 is 23.4 Å². The SMILES string of the molecule is C.C.C.C.CCC(C)(C)C(=O)OC(C)(C)C12CC3CC(CC(C3)C1)C2.CCC(C)(C)C(=O)OC1CCOC1=O.O=S(=O)([O-])C(F)(F)F.[SH2+]c1ccccc1. The molecule has 54 heavy (non-hydrogen) atoms. The van der Waals surface area contributed by atoms with Crippen LogP contribution < -0.4 is 0 Å². The number of carbonyl (C=O) groups excluding carboxylic acids is 3. The molecule has 1 aromatic carbocycles. The second-order valence-corrected chi connectivity index (χ2v) is 17.6. The van der Waals surface area contributed by atoms with E-state index in [4.69, 9.17) is 27.2 Å². The lowest BCUT2D eigenvalue weighted by molar-refractivity contribution is -0.206. The molecule has 1 unspecified atom stereocenters. The van der Waals surface area contributed by atoms with Gasteiger partial charge in [-0.2, -0.15) is 13.2 Å². The first-order valence-electron chi connectivity index (χ1n) is 17.2. The Morgan fingerprint density at radius 2 is 1.22 bits per heavy atom. The predicted molar refractivity (Wildman–Crippen MR) is 212 cm³/mol. The Balaban J connectivity index is -0.000000688. The lowest BCUT2D eigenvalue weighted by Crippen LogP contribution is -2.58. The molecule has 4 bridgehead atoms. The highest BCUT2D eigenvalue weighted by Gasteiger charge is 2.59. The van der Waals surface area contributed by atoms with Crippen molar-refractivity contribution in [3.05, 3.63) is 30.3 Å². The van der Waals surface area contributed by atoms with Crippen LogP contribution in [0.5, 0.6) is 0 Å². The molecule has 1 aromatic rings. The van der Waals surface area contributed by atoms with E-state index in [-0.39, 0.29) is 58.1 Å². The second kappa shape index (κ2) is 21.8. The standard InChI is InChI=1S/C19H32O2.C10H16O4.C6H6S.CHF3O3S.4CH4/c1-6-17(2,3)16(20)21-18(4,5)19-10-13-7-14(11-19)9-15(8-13)12-19;1-4-10(2,3)9(12)14-7-5-6-13-8(7)11;7-6-4-2-1-3-5-6;2-1(3,4)8(5,6)7;;;;/h13-15H,6-12H2,1-5H3;7H,4-6H2,1-3H3;1-5,7H;(H,5,6,7);4*1H4. The molecular weight excluding hydrogens is 746 g/mol. The van der Waals surface area contributed by atoms with Crippen LogP contribution in [0.3, 0.4) is 0 Å². The van der Waals surface area contributed by atoms with Gasteiger partial charge in [0, 0.05) is 11.8 Å². The van der Waals surface area contributed by atoms with E-state index in [0.29, 0.717) is 19.4 Å². The van der Waals surface area contributed by atoms with Crippen LogP contribution in [0, 0.1) is 34.0 Å². The van der Waals surface area contributed by atoms with Gasteiger partial charge in [0.25, 0.3) is 0 Å². The largest absolute Gasteiger partial charge is 0.741 e. The summed E-state index contributed by atoms with van der Waals surface area (Å²) in [5.74, 6) is 1.93. The van der Waals surface area contributed by atoms with Gasteiger partial charge in [0.15, 0.2) is 10.1 Å². The van der Waals surface area contributed by atoms with Crippen LogP contribution in [-0.4, -0.2) is 54.7 Å². The molecule has 0 spiro atoms. The van der Waals surface area contributed by atoms with E-state index in [0.717, 1.165) is 29.1 Å². The minimum absolute atomic E-state index is 0. The van der Waals surface area contributed by atoms with Crippen molar-refractivity contribution in [2.45, 2.75) is 165 Å². The van der Waals surface area contributed by atoms with Gasteiger partial charge in [-0.3, -0.25) is 9.59 Å². The smallest absolute Gasteiger partial charge is 0.485 e. The molecule has 1 heterocycles. The Bertz CT molecular complexity index is 1370. The fourth-order valence-corrected chi connectivity index (χ4v) is 7.12. The van der Waals surface area contributed by atoms with Crippen molar-refractivity contribution in [3.8, 4) is 0 Å². The van der Waals surface area contributed by atoms with E-state index in [1.54, 1.807) is 13.8 Å². The van der Waals surface area contributed by atoms with Crippen molar-refractivity contribution in [1.82, 2.24) is 0 Å². The lowest BCUT2D eigenvalue weighted by atomic mass is 9.46. The van der Waals surface area contributed by atoms with E-state index in [9.17, 15) is 27.6 Å². The van der Waals surface area contributed by atoms with Crippen LogP contribution in [0.4, 0.5) is 13.2 Å². The van der Waals surface area contributed by atoms with Crippen molar-refractivity contribution in [2.24, 2.45) is 34.0 Å². The summed E-state index contributed by atoms with van der Waals surface area (Å²) in [6.45, 7) is 16.3. The molecule has 4 saturated carbocycles. The van der Waals surface area contributed by atoms with Gasteiger partial charge in [0.1, 0.15) is 10.5 Å². The minimum Gasteiger partial charge on any atom is -0.741 e. The van der Waals surface area contributed by atoms with E-state index in [2.05, 4.69) is 33.4 Å². The third-order valence-corrected chi connectivity index (χ3v) is 11.6. The van der Waals surface area contributed by atoms with Gasteiger partial charge in [0.2, 0.25) is 6.10 Å². The highest BCUT2D eigenvalue weighted by molar-refractivity contribution is 7.86. The zero-order chi connectivity index (χ0) is 38.3. The number of rotatable bonds is 7. The normalized spacial score (nSPS) is 23.9. The van der Waals surface area contributed by atoms with E-state index < -0.39 is 33.1 Å². The fourth-order valence-electron chi connectivity index (χ4n) is 6.93. The van der Waals surface area contributed by atoms with Crippen LogP contribution in [0.15, 0.2) is 35.2 Å². The Labute approximate surface area is 330 Å². The molecule has 1 atom stereocenters. The molecule has 318 valence electrons. The van der Waals surface area contributed by atoms with Crippen LogP contribution >= 0.6 is 0 Å². The Hall–Kier alpha value is -2.32.